The SMILES string of the molecule is CC1CC(C)CN(c2ccc3cccc(OCc4cccc(C(F)(F)F)c4)c3n2)C1. The number of ether oxygens (including phenoxy) is 1. The molecule has 6 heteroatoms. The van der Waals surface area contributed by atoms with Gasteiger partial charge in [-0.25, -0.2) is 4.98 Å². The predicted molar refractivity (Wildman–Crippen MR) is 113 cm³/mol. The molecule has 4 rings (SSSR count). The van der Waals surface area contributed by atoms with Crippen LogP contribution in [0.3, 0.4) is 0 Å². The van der Waals surface area contributed by atoms with Crippen molar-refractivity contribution in [2.45, 2.75) is 33.1 Å². The molecular weight excluding hydrogens is 389 g/mol. The summed E-state index contributed by atoms with van der Waals surface area (Å²) in [6.45, 7) is 6.50. The first-order valence-corrected chi connectivity index (χ1v) is 10.2. The molecule has 2 unspecified atom stereocenters. The number of piperidine rings is 1. The van der Waals surface area contributed by atoms with Crippen LogP contribution in [0, 0.1) is 11.8 Å². The Morgan fingerprint density at radius 2 is 1.73 bits per heavy atom. The quantitative estimate of drug-likeness (QED) is 0.500. The van der Waals surface area contributed by atoms with Crippen LogP contribution >= 0.6 is 0 Å². The lowest BCUT2D eigenvalue weighted by molar-refractivity contribution is -0.137. The van der Waals surface area contributed by atoms with E-state index in [1.54, 1.807) is 6.07 Å². The zero-order valence-corrected chi connectivity index (χ0v) is 17.1. The van der Waals surface area contributed by atoms with Crippen molar-refractivity contribution in [2.75, 3.05) is 18.0 Å². The number of alkyl halides is 3. The van der Waals surface area contributed by atoms with Crippen LogP contribution in [0.2, 0.25) is 0 Å². The number of anilines is 1. The zero-order valence-electron chi connectivity index (χ0n) is 17.1. The summed E-state index contributed by atoms with van der Waals surface area (Å²) in [5.41, 5.74) is 0.528. The van der Waals surface area contributed by atoms with Gasteiger partial charge >= 0.3 is 6.18 Å². The first-order valence-electron chi connectivity index (χ1n) is 10.2. The molecule has 3 aromatic rings. The van der Waals surface area contributed by atoms with E-state index in [9.17, 15) is 13.2 Å². The van der Waals surface area contributed by atoms with Crippen molar-refractivity contribution in [3.63, 3.8) is 0 Å². The van der Waals surface area contributed by atoms with Crippen LogP contribution in [0.15, 0.2) is 54.6 Å². The molecule has 1 aliphatic heterocycles. The Kier molecular flexibility index (Phi) is 5.58. The van der Waals surface area contributed by atoms with Gasteiger partial charge in [-0.3, -0.25) is 0 Å². The second kappa shape index (κ2) is 8.17. The van der Waals surface area contributed by atoms with Crippen LogP contribution < -0.4 is 9.64 Å². The first-order chi connectivity index (χ1) is 14.3. The maximum atomic E-state index is 13.0. The zero-order chi connectivity index (χ0) is 21.3. The topological polar surface area (TPSA) is 25.4 Å². The monoisotopic (exact) mass is 414 g/mol. The number of pyridine rings is 1. The summed E-state index contributed by atoms with van der Waals surface area (Å²) in [5, 5.41) is 0.943. The van der Waals surface area contributed by atoms with Crippen molar-refractivity contribution >= 4 is 16.7 Å². The van der Waals surface area contributed by atoms with E-state index in [1.165, 1.54) is 12.5 Å². The van der Waals surface area contributed by atoms with Crippen molar-refractivity contribution < 1.29 is 17.9 Å². The highest BCUT2D eigenvalue weighted by Crippen LogP contribution is 2.32. The normalized spacial score (nSPS) is 19.8. The van der Waals surface area contributed by atoms with Gasteiger partial charge in [0.2, 0.25) is 0 Å². The fourth-order valence-electron chi connectivity index (χ4n) is 4.25. The number of para-hydroxylation sites is 1. The van der Waals surface area contributed by atoms with E-state index >= 15 is 0 Å². The van der Waals surface area contributed by atoms with E-state index in [4.69, 9.17) is 9.72 Å². The van der Waals surface area contributed by atoms with E-state index in [1.807, 2.05) is 30.3 Å². The third-order valence-electron chi connectivity index (χ3n) is 5.51. The summed E-state index contributed by atoms with van der Waals surface area (Å²) in [6.07, 6.45) is -3.15. The molecule has 2 heterocycles. The minimum Gasteiger partial charge on any atom is -0.487 e. The van der Waals surface area contributed by atoms with Gasteiger partial charge in [-0.2, -0.15) is 13.2 Å². The van der Waals surface area contributed by atoms with Crippen LogP contribution in [-0.2, 0) is 12.8 Å². The predicted octanol–water partition coefficient (Wildman–Crippen LogP) is 6.31. The van der Waals surface area contributed by atoms with E-state index in [-0.39, 0.29) is 6.61 Å². The van der Waals surface area contributed by atoms with E-state index in [0.717, 1.165) is 41.9 Å². The van der Waals surface area contributed by atoms with Gasteiger partial charge in [-0.1, -0.05) is 38.1 Å². The van der Waals surface area contributed by atoms with Crippen molar-refractivity contribution in [1.82, 2.24) is 4.98 Å². The molecule has 1 saturated heterocycles. The standard InChI is InChI=1S/C24H25F3N2O/c1-16-11-17(2)14-29(13-16)22-10-9-19-6-4-8-21(23(19)28-22)30-15-18-5-3-7-20(12-18)24(25,26)27/h3-10,12,16-17H,11,13-15H2,1-2H3. The molecule has 1 aromatic heterocycles. The number of nitrogens with zero attached hydrogens (tertiary/aromatic N) is 2. The molecule has 1 fully saturated rings. The van der Waals surface area contributed by atoms with Gasteiger partial charge in [0.1, 0.15) is 23.7 Å². The highest BCUT2D eigenvalue weighted by molar-refractivity contribution is 5.86. The van der Waals surface area contributed by atoms with Gasteiger partial charge in [-0.15, -0.1) is 0 Å². The molecule has 3 nitrogen and oxygen atoms in total. The Bertz CT molecular complexity index is 1020. The second-order valence-corrected chi connectivity index (χ2v) is 8.34. The second-order valence-electron chi connectivity index (χ2n) is 8.34. The number of hydrogen-bond acceptors (Lipinski definition) is 3. The molecule has 1 aliphatic rings. The molecule has 30 heavy (non-hydrogen) atoms. The van der Waals surface area contributed by atoms with Crippen LogP contribution in [-0.4, -0.2) is 18.1 Å². The molecular formula is C24H25F3N2O. The van der Waals surface area contributed by atoms with E-state index in [0.29, 0.717) is 23.1 Å². The van der Waals surface area contributed by atoms with Gasteiger partial charge in [0.05, 0.1) is 5.56 Å². The van der Waals surface area contributed by atoms with Crippen molar-refractivity contribution in [2.24, 2.45) is 11.8 Å². The van der Waals surface area contributed by atoms with Crippen LogP contribution in [0.4, 0.5) is 19.0 Å². The molecule has 0 saturated carbocycles. The molecule has 0 radical (unpaired) electrons. The van der Waals surface area contributed by atoms with E-state index < -0.39 is 11.7 Å². The van der Waals surface area contributed by atoms with Crippen molar-refractivity contribution in [3.05, 3.63) is 65.7 Å². The van der Waals surface area contributed by atoms with E-state index in [2.05, 4.69) is 18.7 Å². The lowest BCUT2D eigenvalue weighted by atomic mass is 9.92. The Balaban J connectivity index is 1.58. The molecule has 0 aliphatic carbocycles. The minimum absolute atomic E-state index is 0.0483. The molecule has 0 amide bonds. The molecule has 0 spiro atoms. The largest absolute Gasteiger partial charge is 0.487 e. The summed E-state index contributed by atoms with van der Waals surface area (Å²) in [6, 6.07) is 14.9. The molecule has 2 atom stereocenters. The number of halogens is 3. The maximum Gasteiger partial charge on any atom is 0.416 e. The van der Waals surface area contributed by atoms with Crippen LogP contribution in [0.5, 0.6) is 5.75 Å². The number of fused-ring (bicyclic) bond motifs is 1. The summed E-state index contributed by atoms with van der Waals surface area (Å²) in [5.74, 6) is 2.71. The number of hydrogen-bond donors (Lipinski definition) is 0. The fraction of sp³-hybridized carbons (Fsp3) is 0.375. The smallest absolute Gasteiger partial charge is 0.416 e. The number of benzene rings is 2. The van der Waals surface area contributed by atoms with Gasteiger partial charge < -0.3 is 9.64 Å². The van der Waals surface area contributed by atoms with Crippen LogP contribution in [0.25, 0.3) is 10.9 Å². The average Bonchev–Trinajstić information content (AvgIpc) is 2.70. The minimum atomic E-state index is -4.37. The third kappa shape index (κ3) is 4.53. The Morgan fingerprint density at radius 3 is 2.47 bits per heavy atom. The van der Waals surface area contributed by atoms with Crippen LogP contribution in [0.1, 0.15) is 31.4 Å². The Labute approximate surface area is 174 Å². The number of rotatable bonds is 4. The highest BCUT2D eigenvalue weighted by atomic mass is 19.4. The molecule has 0 N–H and O–H groups in total. The molecule has 158 valence electrons. The Hall–Kier alpha value is -2.76. The summed E-state index contributed by atoms with van der Waals surface area (Å²) < 4.78 is 44.8. The number of aromatic nitrogens is 1. The third-order valence-corrected chi connectivity index (χ3v) is 5.51. The van der Waals surface area contributed by atoms with Gasteiger partial charge in [0.25, 0.3) is 0 Å². The lowest BCUT2D eigenvalue weighted by Gasteiger charge is -2.35. The highest BCUT2D eigenvalue weighted by Gasteiger charge is 2.30. The van der Waals surface area contributed by atoms with Crippen molar-refractivity contribution in [1.29, 1.82) is 0 Å². The summed E-state index contributed by atoms with van der Waals surface area (Å²) in [7, 11) is 0. The lowest BCUT2D eigenvalue weighted by Crippen LogP contribution is -2.39. The Morgan fingerprint density at radius 1 is 1.00 bits per heavy atom. The molecule has 0 bridgehead atoms. The average molecular weight is 414 g/mol. The van der Waals surface area contributed by atoms with Crippen molar-refractivity contribution in [3.8, 4) is 5.75 Å². The van der Waals surface area contributed by atoms with Gasteiger partial charge in [0.15, 0.2) is 0 Å². The van der Waals surface area contributed by atoms with Gasteiger partial charge in [-0.05, 0) is 54.2 Å². The maximum absolute atomic E-state index is 13.0. The summed E-state index contributed by atoms with van der Waals surface area (Å²) in [4.78, 5) is 7.17. The molecule has 2 aromatic carbocycles. The fourth-order valence-corrected chi connectivity index (χ4v) is 4.25. The first kappa shape index (κ1) is 20.5. The van der Waals surface area contributed by atoms with Gasteiger partial charge in [0, 0.05) is 18.5 Å². The summed E-state index contributed by atoms with van der Waals surface area (Å²) >= 11 is 0.